The van der Waals surface area contributed by atoms with Crippen LogP contribution in [0.3, 0.4) is 0 Å². The van der Waals surface area contributed by atoms with Crippen LogP contribution in [0, 0.1) is 0 Å². The molecule has 1 atom stereocenters. The monoisotopic (exact) mass is 242 g/mol. The molecule has 1 heterocycles. The van der Waals surface area contributed by atoms with E-state index in [0.29, 0.717) is 10.8 Å². The highest BCUT2D eigenvalue weighted by atomic mass is 32.2. The Kier molecular flexibility index (Phi) is 4.20. The molecule has 94 valence electrons. The second kappa shape index (κ2) is 5.28. The summed E-state index contributed by atoms with van der Waals surface area (Å²) in [4.78, 5) is 2.66. The van der Waals surface area contributed by atoms with Crippen molar-refractivity contribution in [2.75, 3.05) is 25.4 Å². The van der Waals surface area contributed by atoms with Gasteiger partial charge in [-0.2, -0.15) is 11.8 Å². The van der Waals surface area contributed by atoms with Crippen molar-refractivity contribution in [3.63, 3.8) is 0 Å². The highest BCUT2D eigenvalue weighted by Gasteiger charge is 2.27. The Balaban J connectivity index is 1.74. The van der Waals surface area contributed by atoms with Gasteiger partial charge in [-0.3, -0.25) is 4.90 Å². The number of hydrogen-bond acceptors (Lipinski definition) is 3. The average molecular weight is 242 g/mol. The maximum atomic E-state index is 3.65. The Bertz CT molecular complexity index is 226. The minimum atomic E-state index is 0.485. The van der Waals surface area contributed by atoms with Gasteiger partial charge in [-0.15, -0.1) is 0 Å². The molecule has 1 saturated heterocycles. The Morgan fingerprint density at radius 1 is 1.38 bits per heavy atom. The lowest BCUT2D eigenvalue weighted by atomic mass is 10.1. The summed E-state index contributed by atoms with van der Waals surface area (Å²) in [6, 6.07) is 1.55. The molecule has 1 unspecified atom stereocenters. The zero-order valence-corrected chi connectivity index (χ0v) is 11.8. The van der Waals surface area contributed by atoms with Crippen LogP contribution in [0.1, 0.15) is 40.0 Å². The second-order valence-corrected chi connectivity index (χ2v) is 7.73. The van der Waals surface area contributed by atoms with Crippen LogP contribution in [0.15, 0.2) is 0 Å². The molecule has 2 aliphatic rings. The molecule has 0 bridgehead atoms. The molecule has 2 fully saturated rings. The van der Waals surface area contributed by atoms with Crippen molar-refractivity contribution in [2.45, 2.75) is 56.9 Å². The summed E-state index contributed by atoms with van der Waals surface area (Å²) in [6.45, 7) is 10.9. The number of hydrogen-bond donors (Lipinski definition) is 1. The van der Waals surface area contributed by atoms with Crippen LogP contribution in [0.5, 0.6) is 0 Å². The van der Waals surface area contributed by atoms with Crippen molar-refractivity contribution in [3.8, 4) is 0 Å². The van der Waals surface area contributed by atoms with E-state index in [1.165, 1.54) is 44.6 Å². The third-order valence-corrected chi connectivity index (χ3v) is 5.15. The molecular formula is C13H26N2S. The van der Waals surface area contributed by atoms with Gasteiger partial charge in [-0.05, 0) is 32.7 Å². The first-order chi connectivity index (χ1) is 7.57. The lowest BCUT2D eigenvalue weighted by Gasteiger charge is -2.28. The zero-order valence-electron chi connectivity index (χ0n) is 11.0. The lowest BCUT2D eigenvalue weighted by molar-refractivity contribution is 0.213. The van der Waals surface area contributed by atoms with E-state index in [9.17, 15) is 0 Å². The van der Waals surface area contributed by atoms with Gasteiger partial charge in [-0.1, -0.05) is 13.8 Å². The highest BCUT2D eigenvalue weighted by molar-refractivity contribution is 8.00. The molecule has 1 aliphatic heterocycles. The fourth-order valence-corrected chi connectivity index (χ4v) is 3.34. The Morgan fingerprint density at radius 2 is 2.12 bits per heavy atom. The van der Waals surface area contributed by atoms with Crippen LogP contribution >= 0.6 is 11.8 Å². The molecular weight excluding hydrogens is 216 g/mol. The first-order valence-electron chi connectivity index (χ1n) is 6.68. The third-order valence-electron chi connectivity index (χ3n) is 3.78. The molecule has 1 saturated carbocycles. The van der Waals surface area contributed by atoms with E-state index < -0.39 is 0 Å². The molecule has 0 aromatic carbocycles. The summed E-state index contributed by atoms with van der Waals surface area (Å²) < 4.78 is 0.485. The maximum absolute atomic E-state index is 3.65. The minimum absolute atomic E-state index is 0.485. The molecule has 0 aromatic rings. The number of nitrogens with one attached hydrogen (secondary N) is 1. The maximum Gasteiger partial charge on any atom is 0.0192 e. The molecule has 0 aromatic heterocycles. The van der Waals surface area contributed by atoms with E-state index in [1.54, 1.807) is 0 Å². The van der Waals surface area contributed by atoms with Crippen LogP contribution in [-0.2, 0) is 0 Å². The van der Waals surface area contributed by atoms with Crippen LogP contribution in [0.4, 0.5) is 0 Å². The standard InChI is InChI=1S/C13H26N2S/c1-11(10-14-12-4-5-12)15-7-6-13(2,3)16-9-8-15/h11-12,14H,4-10H2,1-3H3. The molecule has 2 rings (SSSR count). The molecule has 0 spiro atoms. The Labute approximate surface area is 105 Å². The fraction of sp³-hybridized carbons (Fsp3) is 1.00. The van der Waals surface area contributed by atoms with Crippen molar-refractivity contribution in [3.05, 3.63) is 0 Å². The zero-order chi connectivity index (χ0) is 11.6. The van der Waals surface area contributed by atoms with Gasteiger partial charge in [0.05, 0.1) is 0 Å². The van der Waals surface area contributed by atoms with Crippen molar-refractivity contribution < 1.29 is 0 Å². The van der Waals surface area contributed by atoms with Gasteiger partial charge >= 0.3 is 0 Å². The minimum Gasteiger partial charge on any atom is -0.312 e. The molecule has 3 heteroatoms. The first kappa shape index (κ1) is 12.7. The summed E-state index contributed by atoms with van der Waals surface area (Å²) in [7, 11) is 0. The molecule has 16 heavy (non-hydrogen) atoms. The molecule has 1 aliphatic carbocycles. The molecule has 2 nitrogen and oxygen atoms in total. The van der Waals surface area contributed by atoms with Gasteiger partial charge in [0.15, 0.2) is 0 Å². The number of rotatable bonds is 4. The highest BCUT2D eigenvalue weighted by Crippen LogP contribution is 2.31. The van der Waals surface area contributed by atoms with Crippen molar-refractivity contribution in [1.29, 1.82) is 0 Å². The summed E-state index contributed by atoms with van der Waals surface area (Å²) >= 11 is 2.14. The SMILES string of the molecule is CC(CNC1CC1)N1CCSC(C)(C)CC1. The Hall–Kier alpha value is 0.270. The summed E-state index contributed by atoms with van der Waals surface area (Å²) in [5.41, 5.74) is 0. The van der Waals surface area contributed by atoms with Gasteiger partial charge in [-0.25, -0.2) is 0 Å². The lowest BCUT2D eigenvalue weighted by Crippen LogP contribution is -2.42. The van der Waals surface area contributed by atoms with Gasteiger partial charge in [0, 0.05) is 35.7 Å². The molecule has 0 amide bonds. The predicted molar refractivity (Wildman–Crippen MR) is 73.2 cm³/mol. The van der Waals surface area contributed by atoms with Gasteiger partial charge in [0.1, 0.15) is 0 Å². The topological polar surface area (TPSA) is 15.3 Å². The fourth-order valence-electron chi connectivity index (χ4n) is 2.23. The predicted octanol–water partition coefficient (Wildman–Crippen LogP) is 2.34. The van der Waals surface area contributed by atoms with E-state index in [1.807, 2.05) is 0 Å². The quantitative estimate of drug-likeness (QED) is 0.814. The van der Waals surface area contributed by atoms with E-state index in [2.05, 4.69) is 42.7 Å². The van der Waals surface area contributed by atoms with E-state index in [4.69, 9.17) is 0 Å². The number of nitrogens with zero attached hydrogens (tertiary/aromatic N) is 1. The van der Waals surface area contributed by atoms with Gasteiger partial charge in [0.2, 0.25) is 0 Å². The van der Waals surface area contributed by atoms with Crippen LogP contribution < -0.4 is 5.32 Å². The smallest absolute Gasteiger partial charge is 0.0192 e. The third kappa shape index (κ3) is 3.94. The van der Waals surface area contributed by atoms with E-state index in [0.717, 1.165) is 6.04 Å². The van der Waals surface area contributed by atoms with Gasteiger partial charge in [0.25, 0.3) is 0 Å². The van der Waals surface area contributed by atoms with Gasteiger partial charge < -0.3 is 5.32 Å². The molecule has 1 N–H and O–H groups in total. The summed E-state index contributed by atoms with van der Waals surface area (Å²) in [5, 5.41) is 3.65. The molecule has 0 radical (unpaired) electrons. The summed E-state index contributed by atoms with van der Waals surface area (Å²) in [6.07, 6.45) is 4.12. The van der Waals surface area contributed by atoms with Crippen molar-refractivity contribution >= 4 is 11.8 Å². The Morgan fingerprint density at radius 3 is 2.81 bits per heavy atom. The second-order valence-electron chi connectivity index (χ2n) is 5.93. The van der Waals surface area contributed by atoms with Crippen molar-refractivity contribution in [1.82, 2.24) is 10.2 Å². The summed E-state index contributed by atoms with van der Waals surface area (Å²) in [5.74, 6) is 1.29. The number of thioether (sulfide) groups is 1. The van der Waals surface area contributed by atoms with Crippen LogP contribution in [0.2, 0.25) is 0 Å². The van der Waals surface area contributed by atoms with Crippen LogP contribution in [0.25, 0.3) is 0 Å². The largest absolute Gasteiger partial charge is 0.312 e. The van der Waals surface area contributed by atoms with E-state index in [-0.39, 0.29) is 0 Å². The van der Waals surface area contributed by atoms with Crippen molar-refractivity contribution in [2.24, 2.45) is 0 Å². The van der Waals surface area contributed by atoms with Crippen LogP contribution in [-0.4, -0.2) is 47.1 Å². The average Bonchev–Trinajstić information content (AvgIpc) is 3.02. The van der Waals surface area contributed by atoms with E-state index >= 15 is 0 Å². The first-order valence-corrected chi connectivity index (χ1v) is 7.67. The normalized spacial score (nSPS) is 28.7.